The summed E-state index contributed by atoms with van der Waals surface area (Å²) < 4.78 is 15.3. The first kappa shape index (κ1) is 21.4. The van der Waals surface area contributed by atoms with Crippen molar-refractivity contribution < 1.29 is 54.8 Å². The van der Waals surface area contributed by atoms with Crippen molar-refractivity contribution in [1.82, 2.24) is 5.32 Å². The van der Waals surface area contributed by atoms with Crippen molar-refractivity contribution in [2.45, 2.75) is 68.3 Å². The van der Waals surface area contributed by atoms with Gasteiger partial charge in [0.1, 0.15) is 42.7 Å². The van der Waals surface area contributed by atoms with Gasteiger partial charge in [0.05, 0.1) is 19.3 Å². The summed E-state index contributed by atoms with van der Waals surface area (Å²) in [6, 6.07) is -1.36. The first-order valence-electron chi connectivity index (χ1n) is 8.04. The van der Waals surface area contributed by atoms with Gasteiger partial charge < -0.3 is 55.3 Å². The molecule has 12 nitrogen and oxygen atoms in total. The first-order valence-corrected chi connectivity index (χ1v) is 8.04. The van der Waals surface area contributed by atoms with Crippen LogP contribution in [0.3, 0.4) is 0 Å². The van der Waals surface area contributed by atoms with Crippen LogP contribution in [0, 0.1) is 0 Å². The van der Waals surface area contributed by atoms with Crippen LogP contribution in [0.2, 0.25) is 0 Å². The van der Waals surface area contributed by atoms with E-state index in [-0.39, 0.29) is 0 Å². The third-order valence-corrected chi connectivity index (χ3v) is 4.34. The predicted molar refractivity (Wildman–Crippen MR) is 78.0 cm³/mol. The van der Waals surface area contributed by atoms with E-state index >= 15 is 0 Å². The molecule has 0 bridgehead atoms. The second-order valence-electron chi connectivity index (χ2n) is 6.28. The molecule has 7 N–H and O–H groups in total. The van der Waals surface area contributed by atoms with Crippen LogP contribution in [-0.2, 0) is 19.0 Å². The van der Waals surface area contributed by atoms with Crippen molar-refractivity contribution >= 4 is 5.91 Å². The largest absolute Gasteiger partial charge is 0.829 e. The number of amides is 1. The van der Waals surface area contributed by atoms with Crippen molar-refractivity contribution in [3.8, 4) is 0 Å². The Kier molecular flexibility index (Phi) is 7.27. The second-order valence-corrected chi connectivity index (χ2v) is 6.28. The number of ether oxygens (including phenoxy) is 3. The Morgan fingerprint density at radius 1 is 1.00 bits per heavy atom. The van der Waals surface area contributed by atoms with Gasteiger partial charge in [0.25, 0.3) is 0 Å². The maximum Gasteiger partial charge on any atom is 0.217 e. The third-order valence-electron chi connectivity index (χ3n) is 4.34. The highest BCUT2D eigenvalue weighted by Crippen LogP contribution is 2.24. The van der Waals surface area contributed by atoms with Gasteiger partial charge in [-0.15, -0.1) is 0 Å². The van der Waals surface area contributed by atoms with E-state index < -0.39 is 80.5 Å². The van der Waals surface area contributed by atoms with Crippen LogP contribution in [0.15, 0.2) is 0 Å². The number of carbonyl (C=O) groups is 1. The first-order chi connectivity index (χ1) is 12.2. The molecule has 2 aliphatic heterocycles. The third kappa shape index (κ3) is 4.48. The minimum absolute atomic E-state index is 0.507. The highest BCUT2D eigenvalue weighted by Gasteiger charge is 2.46. The smallest absolute Gasteiger partial charge is 0.217 e. The Balaban J connectivity index is 1.95. The van der Waals surface area contributed by atoms with Crippen molar-refractivity contribution in [3.05, 3.63) is 0 Å². The summed E-state index contributed by atoms with van der Waals surface area (Å²) in [4.78, 5) is 11.0. The van der Waals surface area contributed by atoms with Crippen molar-refractivity contribution in [2.24, 2.45) is 0 Å². The lowest BCUT2D eigenvalue weighted by molar-refractivity contribution is -0.520. The zero-order valence-electron chi connectivity index (χ0n) is 13.9. The molecule has 2 heterocycles. The fraction of sp³-hybridized carbons (Fsp3) is 0.929. The number of hydrogen-bond donors (Lipinski definition) is 7. The summed E-state index contributed by atoms with van der Waals surface area (Å²) in [6.45, 7) is -0.0142. The Bertz CT molecular complexity index is 478. The molecular formula is C14H24NO11-. The van der Waals surface area contributed by atoms with E-state index in [9.17, 15) is 35.4 Å². The van der Waals surface area contributed by atoms with Gasteiger partial charge in [-0.25, -0.2) is 0 Å². The Morgan fingerprint density at radius 2 is 1.62 bits per heavy atom. The topological polar surface area (TPSA) is 201 Å². The highest BCUT2D eigenvalue weighted by atomic mass is 16.7. The summed E-state index contributed by atoms with van der Waals surface area (Å²) in [5.74, 6) is -0.582. The van der Waals surface area contributed by atoms with Crippen LogP contribution < -0.4 is 10.4 Å². The normalized spacial score (nSPS) is 46.8. The van der Waals surface area contributed by atoms with E-state index in [2.05, 4.69) is 5.32 Å². The number of carbonyl (C=O) groups excluding carboxylic acids is 1. The van der Waals surface area contributed by atoms with Crippen LogP contribution in [0.5, 0.6) is 0 Å². The monoisotopic (exact) mass is 382 g/mol. The molecule has 10 atom stereocenters. The molecule has 26 heavy (non-hydrogen) atoms. The molecule has 0 radical (unpaired) electrons. The molecule has 2 aliphatic rings. The van der Waals surface area contributed by atoms with E-state index in [1.165, 1.54) is 0 Å². The van der Waals surface area contributed by atoms with Crippen LogP contribution in [-0.4, -0.2) is 111 Å². The van der Waals surface area contributed by atoms with E-state index in [1.807, 2.05) is 0 Å². The molecule has 0 unspecified atom stereocenters. The van der Waals surface area contributed by atoms with Crippen molar-refractivity contribution in [3.63, 3.8) is 0 Å². The molecule has 2 saturated heterocycles. The average Bonchev–Trinajstić information content (AvgIpc) is 2.59. The van der Waals surface area contributed by atoms with Crippen LogP contribution >= 0.6 is 0 Å². The lowest BCUT2D eigenvalue weighted by Crippen LogP contribution is -2.67. The van der Waals surface area contributed by atoms with Crippen molar-refractivity contribution in [2.75, 3.05) is 13.2 Å². The number of aliphatic hydroxyl groups is 6. The average molecular weight is 382 g/mol. The fourth-order valence-corrected chi connectivity index (χ4v) is 2.85. The maximum absolute atomic E-state index is 11.9. The van der Waals surface area contributed by atoms with Gasteiger partial charge in [0.2, 0.25) is 5.91 Å². The van der Waals surface area contributed by atoms with Gasteiger partial charge in [0.15, 0.2) is 6.29 Å². The van der Waals surface area contributed by atoms with Gasteiger partial charge in [-0.3, -0.25) is 4.79 Å². The van der Waals surface area contributed by atoms with Gasteiger partial charge >= 0.3 is 0 Å². The van der Waals surface area contributed by atoms with Gasteiger partial charge in [-0.2, -0.15) is 0 Å². The van der Waals surface area contributed by atoms with Gasteiger partial charge in [0, 0.05) is 13.2 Å². The molecule has 2 fully saturated rings. The van der Waals surface area contributed by atoms with E-state index in [4.69, 9.17) is 19.3 Å². The summed E-state index contributed by atoms with van der Waals surface area (Å²) in [7, 11) is 0. The molecule has 152 valence electrons. The van der Waals surface area contributed by atoms with Gasteiger partial charge in [-0.1, -0.05) is 0 Å². The Labute approximate surface area is 148 Å². The molecule has 0 saturated carbocycles. The highest BCUT2D eigenvalue weighted by molar-refractivity contribution is 5.73. The second kappa shape index (κ2) is 8.84. The number of aliphatic hydroxyl groups excluding tert-OH is 6. The molecule has 0 aromatic heterocycles. The number of rotatable bonds is 5. The summed E-state index contributed by atoms with van der Waals surface area (Å²) in [6.07, 6.45) is -13.9. The SMILES string of the molecule is CC(=O)N[C@@H]1[C@@H](O)[C@H](O)[C@@H](CO[C@@H]2O[C@H](CO)[C@H](O)[C@H](O)[C@H]2O)O[C@H]1[O-]. The minimum atomic E-state index is -1.87. The predicted octanol–water partition coefficient (Wildman–Crippen LogP) is -5.89. The maximum atomic E-state index is 11.9. The summed E-state index contributed by atoms with van der Waals surface area (Å²) in [5.41, 5.74) is 0. The molecule has 2 rings (SSSR count). The number of hydrogen-bond acceptors (Lipinski definition) is 11. The zero-order valence-corrected chi connectivity index (χ0v) is 13.9. The quantitative estimate of drug-likeness (QED) is 0.239. The van der Waals surface area contributed by atoms with E-state index in [0.29, 0.717) is 0 Å². The summed E-state index contributed by atoms with van der Waals surface area (Å²) in [5, 5.41) is 72.5. The Morgan fingerprint density at radius 3 is 2.19 bits per heavy atom. The number of nitrogens with one attached hydrogen (secondary N) is 1. The molecule has 0 aromatic rings. The van der Waals surface area contributed by atoms with E-state index in [0.717, 1.165) is 6.92 Å². The molecule has 0 aliphatic carbocycles. The molecule has 0 aromatic carbocycles. The van der Waals surface area contributed by atoms with Gasteiger partial charge in [-0.05, 0) is 0 Å². The standard InChI is InChI=1S/C14H24NO11/c1-4(17)15-7-10(20)9(19)6(25-13(7)23)3-24-14-12(22)11(21)8(18)5(2-16)26-14/h5-14,16,18-22H,2-3H2,1H3,(H,15,17)/q-1/t5-,6-,7-,8+,9-,10-,11+,12-,13-,14-/m1/s1. The van der Waals surface area contributed by atoms with E-state index in [1.54, 1.807) is 0 Å². The lowest BCUT2D eigenvalue weighted by Gasteiger charge is -2.47. The molecule has 12 heteroatoms. The molecular weight excluding hydrogens is 358 g/mol. The van der Waals surface area contributed by atoms with Crippen LogP contribution in [0.25, 0.3) is 0 Å². The van der Waals surface area contributed by atoms with Crippen LogP contribution in [0.1, 0.15) is 6.92 Å². The molecule has 0 spiro atoms. The Hall–Kier alpha value is -0.930. The summed E-state index contributed by atoms with van der Waals surface area (Å²) >= 11 is 0. The molecule has 1 amide bonds. The zero-order chi connectivity index (χ0) is 19.6. The van der Waals surface area contributed by atoms with Crippen LogP contribution in [0.4, 0.5) is 0 Å². The minimum Gasteiger partial charge on any atom is -0.829 e. The van der Waals surface area contributed by atoms with Crippen molar-refractivity contribution in [1.29, 1.82) is 0 Å². The lowest BCUT2D eigenvalue weighted by atomic mass is 9.97. The fourth-order valence-electron chi connectivity index (χ4n) is 2.85.